The Morgan fingerprint density at radius 2 is 1.70 bits per heavy atom. The highest BCUT2D eigenvalue weighted by atomic mass is 16.3. The predicted octanol–water partition coefficient (Wildman–Crippen LogP) is 5.43. The lowest BCUT2D eigenvalue weighted by Crippen LogP contribution is -2.12. The number of hydrogen-bond donors (Lipinski definition) is 1. The zero-order valence-electron chi connectivity index (χ0n) is 12.1. The van der Waals surface area contributed by atoms with E-state index < -0.39 is 0 Å². The highest BCUT2D eigenvalue weighted by molar-refractivity contribution is 6.05. The Balaban J connectivity index is 1.91. The molecule has 0 radical (unpaired) electrons. The van der Waals surface area contributed by atoms with Crippen LogP contribution in [0.25, 0.3) is 21.9 Å². The van der Waals surface area contributed by atoms with Gasteiger partial charge in [-0.3, -0.25) is 0 Å². The maximum absolute atomic E-state index is 5.85. The van der Waals surface area contributed by atoms with Crippen LogP contribution in [0.15, 0.2) is 46.9 Å². The van der Waals surface area contributed by atoms with E-state index in [0.29, 0.717) is 0 Å². The molecule has 1 heterocycles. The van der Waals surface area contributed by atoms with Crippen molar-refractivity contribution < 1.29 is 4.42 Å². The fraction of sp³-hybridized carbons (Fsp3) is 0.333. The Morgan fingerprint density at radius 1 is 0.950 bits per heavy atom. The van der Waals surface area contributed by atoms with Gasteiger partial charge in [0.25, 0.3) is 0 Å². The Bertz CT molecular complexity index is 710. The number of fused-ring (bicyclic) bond motifs is 3. The lowest BCUT2D eigenvalue weighted by atomic mass is 10.0. The first-order valence-corrected chi connectivity index (χ1v) is 7.47. The van der Waals surface area contributed by atoms with Gasteiger partial charge in [-0.15, -0.1) is 0 Å². The van der Waals surface area contributed by atoms with E-state index in [0.717, 1.165) is 23.6 Å². The van der Waals surface area contributed by atoms with Gasteiger partial charge >= 0.3 is 0 Å². The van der Waals surface area contributed by atoms with Crippen molar-refractivity contribution in [1.82, 2.24) is 0 Å². The van der Waals surface area contributed by atoms with Crippen LogP contribution in [0.3, 0.4) is 0 Å². The average Bonchev–Trinajstić information content (AvgIpc) is 2.86. The molecule has 2 nitrogen and oxygen atoms in total. The van der Waals surface area contributed by atoms with Crippen molar-refractivity contribution in [2.45, 2.75) is 26.7 Å². The van der Waals surface area contributed by atoms with Crippen LogP contribution in [0.5, 0.6) is 0 Å². The van der Waals surface area contributed by atoms with Gasteiger partial charge in [-0.05, 0) is 30.2 Å². The number of anilines is 1. The van der Waals surface area contributed by atoms with Crippen LogP contribution in [-0.4, -0.2) is 6.54 Å². The zero-order chi connectivity index (χ0) is 13.9. The topological polar surface area (TPSA) is 25.2 Å². The third-order valence-electron chi connectivity index (χ3n) is 4.13. The molecule has 0 saturated heterocycles. The maximum Gasteiger partial charge on any atom is 0.135 e. The number of hydrogen-bond acceptors (Lipinski definition) is 2. The van der Waals surface area contributed by atoms with Gasteiger partial charge in [0.1, 0.15) is 11.2 Å². The second-order valence-electron chi connectivity index (χ2n) is 5.37. The van der Waals surface area contributed by atoms with Gasteiger partial charge in [-0.25, -0.2) is 0 Å². The summed E-state index contributed by atoms with van der Waals surface area (Å²) in [6.07, 6.45) is 2.45. The molecule has 1 N–H and O–H groups in total. The average molecular weight is 267 g/mol. The summed E-state index contributed by atoms with van der Waals surface area (Å²) in [6.45, 7) is 5.54. The van der Waals surface area contributed by atoms with Crippen LogP contribution in [0.4, 0.5) is 5.69 Å². The van der Waals surface area contributed by atoms with Crippen molar-refractivity contribution in [2.75, 3.05) is 11.9 Å². The highest BCUT2D eigenvalue weighted by Crippen LogP contribution is 2.30. The van der Waals surface area contributed by atoms with E-state index in [1.54, 1.807) is 0 Å². The van der Waals surface area contributed by atoms with Gasteiger partial charge in [0.2, 0.25) is 0 Å². The van der Waals surface area contributed by atoms with E-state index >= 15 is 0 Å². The van der Waals surface area contributed by atoms with Crippen LogP contribution in [0.2, 0.25) is 0 Å². The Hall–Kier alpha value is -1.96. The van der Waals surface area contributed by atoms with Crippen LogP contribution < -0.4 is 5.32 Å². The molecule has 2 heteroatoms. The zero-order valence-corrected chi connectivity index (χ0v) is 12.1. The maximum atomic E-state index is 5.85. The third kappa shape index (κ3) is 2.38. The van der Waals surface area contributed by atoms with Crippen LogP contribution in [-0.2, 0) is 0 Å². The lowest BCUT2D eigenvalue weighted by molar-refractivity contribution is 0.519. The summed E-state index contributed by atoms with van der Waals surface area (Å²) in [5.74, 6) is 0.742. The Labute approximate surface area is 119 Å². The molecule has 0 aliphatic carbocycles. The second-order valence-corrected chi connectivity index (χ2v) is 5.37. The first-order chi connectivity index (χ1) is 9.81. The van der Waals surface area contributed by atoms with E-state index in [4.69, 9.17) is 4.42 Å². The summed E-state index contributed by atoms with van der Waals surface area (Å²) in [6, 6.07) is 14.6. The molecule has 3 aromatic rings. The standard InChI is InChI=1S/C18H21NO/c1-3-13(4-2)12-19-14-9-10-18-16(11-14)15-7-5-6-8-17(15)20-18/h5-11,13,19H,3-4,12H2,1-2H3. The third-order valence-corrected chi connectivity index (χ3v) is 4.13. The number of furan rings is 1. The van der Waals surface area contributed by atoms with Crippen molar-refractivity contribution in [1.29, 1.82) is 0 Å². The van der Waals surface area contributed by atoms with Crippen molar-refractivity contribution in [3.63, 3.8) is 0 Å². The normalized spacial score (nSPS) is 11.6. The first kappa shape index (κ1) is 13.0. The van der Waals surface area contributed by atoms with Gasteiger partial charge in [0.15, 0.2) is 0 Å². The van der Waals surface area contributed by atoms with Crippen LogP contribution >= 0.6 is 0 Å². The summed E-state index contributed by atoms with van der Waals surface area (Å²) >= 11 is 0. The largest absolute Gasteiger partial charge is 0.456 e. The monoisotopic (exact) mass is 267 g/mol. The molecule has 1 aromatic heterocycles. The predicted molar refractivity (Wildman–Crippen MR) is 86.3 cm³/mol. The first-order valence-electron chi connectivity index (χ1n) is 7.47. The molecule has 3 rings (SSSR count). The molecule has 20 heavy (non-hydrogen) atoms. The summed E-state index contributed by atoms with van der Waals surface area (Å²) in [5.41, 5.74) is 3.09. The molecule has 2 aromatic carbocycles. The van der Waals surface area contributed by atoms with Gasteiger partial charge in [-0.2, -0.15) is 0 Å². The van der Waals surface area contributed by atoms with Gasteiger partial charge in [-0.1, -0.05) is 44.9 Å². The minimum absolute atomic E-state index is 0.742. The number of nitrogens with one attached hydrogen (secondary N) is 1. The molecule has 0 aliphatic heterocycles. The SMILES string of the molecule is CCC(CC)CNc1ccc2oc3ccccc3c2c1. The smallest absolute Gasteiger partial charge is 0.135 e. The fourth-order valence-electron chi connectivity index (χ4n) is 2.68. The second kappa shape index (κ2) is 5.58. The summed E-state index contributed by atoms with van der Waals surface area (Å²) in [4.78, 5) is 0. The minimum Gasteiger partial charge on any atom is -0.456 e. The summed E-state index contributed by atoms with van der Waals surface area (Å²) < 4.78 is 5.85. The van der Waals surface area contributed by atoms with E-state index in [1.165, 1.54) is 29.3 Å². The Kier molecular flexibility index (Phi) is 3.64. The molecule has 0 bridgehead atoms. The molecule has 0 atom stereocenters. The van der Waals surface area contributed by atoms with Gasteiger partial charge < -0.3 is 9.73 Å². The molecule has 0 unspecified atom stereocenters. The Morgan fingerprint density at radius 3 is 2.50 bits per heavy atom. The quantitative estimate of drug-likeness (QED) is 0.666. The number of rotatable bonds is 5. The van der Waals surface area contributed by atoms with Crippen molar-refractivity contribution in [3.8, 4) is 0 Å². The highest BCUT2D eigenvalue weighted by Gasteiger charge is 2.08. The lowest BCUT2D eigenvalue weighted by Gasteiger charge is -2.14. The van der Waals surface area contributed by atoms with E-state index in [9.17, 15) is 0 Å². The van der Waals surface area contributed by atoms with E-state index in [2.05, 4.69) is 49.5 Å². The molecule has 104 valence electrons. The molecule has 0 aliphatic rings. The molecule has 0 saturated carbocycles. The van der Waals surface area contributed by atoms with E-state index in [1.807, 2.05) is 12.1 Å². The van der Waals surface area contributed by atoms with Crippen LogP contribution in [0, 0.1) is 5.92 Å². The summed E-state index contributed by atoms with van der Waals surface area (Å²) in [7, 11) is 0. The van der Waals surface area contributed by atoms with Crippen molar-refractivity contribution in [3.05, 3.63) is 42.5 Å². The van der Waals surface area contributed by atoms with Crippen molar-refractivity contribution >= 4 is 27.6 Å². The summed E-state index contributed by atoms with van der Waals surface area (Å²) in [5, 5.41) is 5.93. The minimum atomic E-state index is 0.742. The fourth-order valence-corrected chi connectivity index (χ4v) is 2.68. The van der Waals surface area contributed by atoms with Gasteiger partial charge in [0, 0.05) is 23.0 Å². The number of benzene rings is 2. The van der Waals surface area contributed by atoms with Gasteiger partial charge in [0.05, 0.1) is 0 Å². The molecule has 0 amide bonds. The number of para-hydroxylation sites is 1. The van der Waals surface area contributed by atoms with E-state index in [-0.39, 0.29) is 0 Å². The van der Waals surface area contributed by atoms with Crippen LogP contribution in [0.1, 0.15) is 26.7 Å². The van der Waals surface area contributed by atoms with Crippen molar-refractivity contribution in [2.24, 2.45) is 5.92 Å². The molecule has 0 spiro atoms. The molecular formula is C18H21NO. The molecular weight excluding hydrogens is 246 g/mol. The molecule has 0 fully saturated rings.